The third-order valence-electron chi connectivity index (χ3n) is 7.48. The summed E-state index contributed by atoms with van der Waals surface area (Å²) in [5.74, 6) is -1.20. The molecule has 2 fully saturated rings. The van der Waals surface area contributed by atoms with E-state index < -0.39 is 16.9 Å². The number of carboxylic acids is 1. The maximum Gasteiger partial charge on any atom is 0.330 e. The summed E-state index contributed by atoms with van der Waals surface area (Å²) in [5, 5.41) is 12.9. The van der Waals surface area contributed by atoms with Gasteiger partial charge in [0, 0.05) is 29.8 Å². The Bertz CT molecular complexity index is 788. The van der Waals surface area contributed by atoms with E-state index in [2.05, 4.69) is 23.5 Å². The molecule has 4 atom stereocenters. The Morgan fingerprint density at radius 2 is 2.00 bits per heavy atom. The smallest absolute Gasteiger partial charge is 0.330 e. The largest absolute Gasteiger partial charge is 0.479 e. The van der Waals surface area contributed by atoms with Crippen molar-refractivity contribution in [1.82, 2.24) is 5.32 Å². The van der Waals surface area contributed by atoms with E-state index in [-0.39, 0.29) is 23.3 Å². The zero-order valence-electron chi connectivity index (χ0n) is 16.4. The zero-order valence-corrected chi connectivity index (χ0v) is 16.4. The highest BCUT2D eigenvalue weighted by Crippen LogP contribution is 2.61. The molecule has 4 rings (SSSR count). The summed E-state index contributed by atoms with van der Waals surface area (Å²) >= 11 is 0. The number of amides is 1. The fourth-order valence-electron chi connectivity index (χ4n) is 5.51. The van der Waals surface area contributed by atoms with E-state index >= 15 is 0 Å². The zero-order chi connectivity index (χ0) is 19.4. The van der Waals surface area contributed by atoms with Crippen molar-refractivity contribution in [3.8, 4) is 0 Å². The van der Waals surface area contributed by atoms with E-state index in [4.69, 9.17) is 4.74 Å². The van der Waals surface area contributed by atoms with Crippen LogP contribution in [0.3, 0.4) is 0 Å². The van der Waals surface area contributed by atoms with E-state index in [1.54, 1.807) is 0 Å². The van der Waals surface area contributed by atoms with Gasteiger partial charge in [0.05, 0.1) is 6.10 Å². The fraction of sp³-hybridized carbons (Fsp3) is 0.636. The van der Waals surface area contributed by atoms with Crippen LogP contribution in [-0.4, -0.2) is 35.2 Å². The van der Waals surface area contributed by atoms with E-state index in [1.807, 2.05) is 26.8 Å². The monoisotopic (exact) mass is 371 g/mol. The highest BCUT2D eigenvalue weighted by Gasteiger charge is 2.68. The summed E-state index contributed by atoms with van der Waals surface area (Å²) in [4.78, 5) is 25.3. The molecule has 0 radical (unpaired) electrons. The molecule has 4 unspecified atom stereocenters. The Morgan fingerprint density at radius 3 is 2.67 bits per heavy atom. The number of aryl methyl sites for hydroxylation is 1. The Morgan fingerprint density at radius 1 is 1.26 bits per heavy atom. The second-order valence-electron chi connectivity index (χ2n) is 8.99. The number of benzene rings is 1. The van der Waals surface area contributed by atoms with Crippen LogP contribution in [0, 0.1) is 11.3 Å². The maximum absolute atomic E-state index is 13.1. The molecule has 5 heteroatoms. The quantitative estimate of drug-likeness (QED) is 0.834. The molecule has 1 spiro atoms. The predicted molar refractivity (Wildman–Crippen MR) is 101 cm³/mol. The van der Waals surface area contributed by atoms with Gasteiger partial charge in [0.25, 0.3) is 0 Å². The molecule has 27 heavy (non-hydrogen) atoms. The van der Waals surface area contributed by atoms with Gasteiger partial charge in [-0.05, 0) is 43.7 Å². The molecular weight excluding hydrogens is 342 g/mol. The van der Waals surface area contributed by atoms with Crippen molar-refractivity contribution >= 4 is 11.9 Å². The van der Waals surface area contributed by atoms with E-state index in [1.165, 1.54) is 11.1 Å². The summed E-state index contributed by atoms with van der Waals surface area (Å²) in [6, 6.07) is 8.40. The minimum absolute atomic E-state index is 0.0914. The van der Waals surface area contributed by atoms with Gasteiger partial charge >= 0.3 is 5.97 Å². The maximum atomic E-state index is 13.1. The molecule has 0 aromatic heterocycles. The van der Waals surface area contributed by atoms with Crippen molar-refractivity contribution in [3.63, 3.8) is 0 Å². The number of nitrogens with one attached hydrogen (secondary N) is 1. The fourth-order valence-corrected chi connectivity index (χ4v) is 5.51. The van der Waals surface area contributed by atoms with Crippen molar-refractivity contribution in [2.24, 2.45) is 11.3 Å². The van der Waals surface area contributed by atoms with Gasteiger partial charge in [0.15, 0.2) is 0 Å². The molecule has 0 aliphatic heterocycles. The normalized spacial score (nSPS) is 35.8. The highest BCUT2D eigenvalue weighted by atomic mass is 16.5. The number of carboxylic acid groups (broad SMARTS) is 1. The average Bonchev–Trinajstić information content (AvgIpc) is 3.35. The lowest BCUT2D eigenvalue weighted by atomic mass is 9.54. The van der Waals surface area contributed by atoms with Crippen LogP contribution >= 0.6 is 0 Å². The van der Waals surface area contributed by atoms with Gasteiger partial charge in [0.1, 0.15) is 5.54 Å². The number of hydrogen-bond donors (Lipinski definition) is 2. The van der Waals surface area contributed by atoms with Crippen LogP contribution in [0.2, 0.25) is 0 Å². The lowest BCUT2D eigenvalue weighted by molar-refractivity contribution is -0.194. The topological polar surface area (TPSA) is 75.6 Å². The number of carbonyl (C=O) groups is 2. The van der Waals surface area contributed by atoms with Crippen LogP contribution < -0.4 is 5.32 Å². The first-order valence-corrected chi connectivity index (χ1v) is 10.0. The van der Waals surface area contributed by atoms with Crippen LogP contribution in [0.5, 0.6) is 0 Å². The van der Waals surface area contributed by atoms with E-state index in [0.717, 1.165) is 25.7 Å². The third kappa shape index (κ3) is 2.47. The van der Waals surface area contributed by atoms with Crippen molar-refractivity contribution in [1.29, 1.82) is 0 Å². The van der Waals surface area contributed by atoms with Crippen LogP contribution in [-0.2, 0) is 26.2 Å². The molecule has 2 N–H and O–H groups in total. The lowest BCUT2D eigenvalue weighted by Gasteiger charge is -2.58. The standard InChI is InChI=1S/C22H29NO4/c1-4-27-17-13-22(19(25)26,20(17,2)3)23-18(24)16-12-21(16)11-7-9-14-8-5-6-10-15(14)21/h5-6,8,10,16-17H,4,7,9,11-13H2,1-3H3,(H,23,24)(H,25,26). The molecule has 1 aromatic carbocycles. The van der Waals surface area contributed by atoms with Crippen molar-refractivity contribution < 1.29 is 19.4 Å². The molecule has 0 bridgehead atoms. The van der Waals surface area contributed by atoms with Gasteiger partial charge in [0.2, 0.25) is 5.91 Å². The molecule has 5 nitrogen and oxygen atoms in total. The highest BCUT2D eigenvalue weighted by molar-refractivity contribution is 5.92. The Balaban J connectivity index is 1.55. The van der Waals surface area contributed by atoms with Gasteiger partial charge in [-0.25, -0.2) is 4.79 Å². The molecule has 3 aliphatic carbocycles. The summed E-state index contributed by atoms with van der Waals surface area (Å²) in [6.07, 6.45) is 4.15. The van der Waals surface area contributed by atoms with Crippen molar-refractivity contribution in [2.45, 2.75) is 69.9 Å². The number of aliphatic carboxylic acids is 1. The first kappa shape index (κ1) is 18.5. The number of rotatable bonds is 5. The molecule has 0 heterocycles. The summed E-state index contributed by atoms with van der Waals surface area (Å²) in [5.41, 5.74) is 0.651. The molecule has 1 aromatic rings. The van der Waals surface area contributed by atoms with Crippen LogP contribution in [0.4, 0.5) is 0 Å². The average molecular weight is 371 g/mol. The second kappa shape index (κ2) is 6.06. The molecule has 146 valence electrons. The van der Waals surface area contributed by atoms with E-state index in [0.29, 0.717) is 13.0 Å². The number of ether oxygens (including phenoxy) is 1. The van der Waals surface area contributed by atoms with Crippen LogP contribution in [0.15, 0.2) is 24.3 Å². The first-order chi connectivity index (χ1) is 12.8. The molecule has 3 aliphatic rings. The van der Waals surface area contributed by atoms with Gasteiger partial charge in [-0.3, -0.25) is 4.79 Å². The van der Waals surface area contributed by atoms with Crippen LogP contribution in [0.1, 0.15) is 57.6 Å². The number of carbonyl (C=O) groups excluding carboxylic acids is 1. The Labute approximate surface area is 160 Å². The predicted octanol–water partition coefficient (Wildman–Crippen LogP) is 3.06. The second-order valence-corrected chi connectivity index (χ2v) is 8.99. The SMILES string of the molecule is CCOC1CC(NC(=O)C2CC23CCCc2ccccc23)(C(=O)O)C1(C)C. The minimum atomic E-state index is -1.25. The van der Waals surface area contributed by atoms with Gasteiger partial charge in [-0.1, -0.05) is 38.1 Å². The van der Waals surface area contributed by atoms with Crippen molar-refractivity contribution in [3.05, 3.63) is 35.4 Å². The van der Waals surface area contributed by atoms with Crippen LogP contribution in [0.25, 0.3) is 0 Å². The lowest BCUT2D eigenvalue weighted by Crippen LogP contribution is -2.76. The first-order valence-electron chi connectivity index (χ1n) is 10.0. The van der Waals surface area contributed by atoms with Gasteiger partial charge < -0.3 is 15.2 Å². The molecule has 2 saturated carbocycles. The van der Waals surface area contributed by atoms with Gasteiger partial charge in [-0.2, -0.15) is 0 Å². The summed E-state index contributed by atoms with van der Waals surface area (Å²) in [6.45, 7) is 6.21. The van der Waals surface area contributed by atoms with E-state index in [9.17, 15) is 14.7 Å². The minimum Gasteiger partial charge on any atom is -0.479 e. The third-order valence-corrected chi connectivity index (χ3v) is 7.48. The number of hydrogen-bond acceptors (Lipinski definition) is 3. The molecule has 0 saturated heterocycles. The van der Waals surface area contributed by atoms with Gasteiger partial charge in [-0.15, -0.1) is 0 Å². The van der Waals surface area contributed by atoms with Crippen molar-refractivity contribution in [2.75, 3.05) is 6.61 Å². The summed E-state index contributed by atoms with van der Waals surface area (Å²) < 4.78 is 5.70. The summed E-state index contributed by atoms with van der Waals surface area (Å²) in [7, 11) is 0. The number of fused-ring (bicyclic) bond motifs is 2. The molecular formula is C22H29NO4. The Kier molecular flexibility index (Phi) is 4.15. The molecule has 1 amide bonds. The Hall–Kier alpha value is -1.88.